The second-order valence-electron chi connectivity index (χ2n) is 2.01. The van der Waals surface area contributed by atoms with Gasteiger partial charge in [-0.1, -0.05) is 0 Å². The van der Waals surface area contributed by atoms with Crippen LogP contribution in [0.5, 0.6) is 0 Å². The van der Waals surface area contributed by atoms with Crippen LogP contribution in [-0.2, 0) is 0 Å². The molecule has 2 rings (SSSR count). The Hall–Kier alpha value is -1.45. The summed E-state index contributed by atoms with van der Waals surface area (Å²) in [6.45, 7) is 0.579. The molecule has 1 N–H and O–H groups in total. The van der Waals surface area contributed by atoms with E-state index in [1.165, 1.54) is 6.33 Å². The van der Waals surface area contributed by atoms with Crippen molar-refractivity contribution in [3.8, 4) is 0 Å². The molecule has 0 unspecified atom stereocenters. The number of nitrogens with one attached hydrogen (secondary N) is 1. The number of hydrogen-bond acceptors (Lipinski definition) is 3. The minimum atomic E-state index is -0.105. The number of rotatable bonds is 0. The largest absolute Gasteiger partial charge is 0.313 e. The predicted octanol–water partition coefficient (Wildman–Crippen LogP) is -1.82. The van der Waals surface area contributed by atoms with Crippen LogP contribution in [0.15, 0.2) is 16.1 Å². The lowest BCUT2D eigenvalue weighted by atomic mass is 10.4. The van der Waals surface area contributed by atoms with E-state index in [1.807, 2.05) is 0 Å². The SMILES string of the molecule is O=c1[nH]cnc2c1=CCN=2. The van der Waals surface area contributed by atoms with Crippen LogP contribution < -0.4 is 16.3 Å². The van der Waals surface area contributed by atoms with Crippen molar-refractivity contribution in [3.63, 3.8) is 0 Å². The van der Waals surface area contributed by atoms with E-state index in [4.69, 9.17) is 0 Å². The first-order valence-corrected chi connectivity index (χ1v) is 2.96. The third-order valence-electron chi connectivity index (χ3n) is 1.40. The first-order valence-electron chi connectivity index (χ1n) is 2.96. The molecule has 0 saturated heterocycles. The Bertz CT molecular complexity index is 417. The number of fused-ring (bicyclic) bond motifs is 1. The maximum Gasteiger partial charge on any atom is 0.259 e. The lowest BCUT2D eigenvalue weighted by molar-refractivity contribution is 1.01. The van der Waals surface area contributed by atoms with Gasteiger partial charge in [0, 0.05) is 0 Å². The molecule has 1 aromatic rings. The Labute approximate surface area is 56.0 Å². The number of hydrogen-bond donors (Lipinski definition) is 1. The molecule has 0 aliphatic carbocycles. The molecule has 0 bridgehead atoms. The summed E-state index contributed by atoms with van der Waals surface area (Å²) >= 11 is 0. The van der Waals surface area contributed by atoms with Crippen LogP contribution in [-0.4, -0.2) is 16.5 Å². The van der Waals surface area contributed by atoms with E-state index < -0.39 is 0 Å². The summed E-state index contributed by atoms with van der Waals surface area (Å²) in [6.07, 6.45) is 3.13. The molecule has 0 fully saturated rings. The number of aromatic amines is 1. The molecule has 4 heteroatoms. The average molecular weight is 135 g/mol. The highest BCUT2D eigenvalue weighted by Crippen LogP contribution is 1.70. The Morgan fingerprint density at radius 1 is 1.60 bits per heavy atom. The second-order valence-corrected chi connectivity index (χ2v) is 2.01. The van der Waals surface area contributed by atoms with Crippen LogP contribution in [0.4, 0.5) is 0 Å². The molecule has 1 aromatic heterocycles. The lowest BCUT2D eigenvalue weighted by Gasteiger charge is -1.79. The van der Waals surface area contributed by atoms with Crippen LogP contribution in [0, 0.1) is 0 Å². The number of H-pyrrole nitrogens is 1. The summed E-state index contributed by atoms with van der Waals surface area (Å²) in [5.74, 6) is 0. The Morgan fingerprint density at radius 2 is 2.50 bits per heavy atom. The van der Waals surface area contributed by atoms with Gasteiger partial charge in [-0.25, -0.2) is 4.98 Å². The van der Waals surface area contributed by atoms with Gasteiger partial charge in [0.2, 0.25) is 0 Å². The van der Waals surface area contributed by atoms with Crippen molar-refractivity contribution in [2.45, 2.75) is 0 Å². The maximum atomic E-state index is 10.9. The van der Waals surface area contributed by atoms with Crippen molar-refractivity contribution in [2.24, 2.45) is 4.99 Å². The van der Waals surface area contributed by atoms with E-state index in [1.54, 1.807) is 6.08 Å². The highest BCUT2D eigenvalue weighted by molar-refractivity contribution is 5.25. The van der Waals surface area contributed by atoms with Crippen molar-refractivity contribution in [3.05, 3.63) is 27.4 Å². The Morgan fingerprint density at radius 3 is 3.30 bits per heavy atom. The smallest absolute Gasteiger partial charge is 0.259 e. The van der Waals surface area contributed by atoms with Crippen molar-refractivity contribution >= 4 is 6.08 Å². The third-order valence-corrected chi connectivity index (χ3v) is 1.40. The van der Waals surface area contributed by atoms with Crippen LogP contribution in [0.25, 0.3) is 6.08 Å². The number of aromatic nitrogens is 2. The van der Waals surface area contributed by atoms with Crippen LogP contribution in [0.2, 0.25) is 0 Å². The van der Waals surface area contributed by atoms with Crippen molar-refractivity contribution in [2.75, 3.05) is 6.54 Å². The number of nitrogens with zero attached hydrogens (tertiary/aromatic N) is 2. The third kappa shape index (κ3) is 0.586. The fraction of sp³-hybridized carbons (Fsp3) is 0.167. The predicted molar refractivity (Wildman–Crippen MR) is 35.0 cm³/mol. The van der Waals surface area contributed by atoms with E-state index >= 15 is 0 Å². The molecule has 0 spiro atoms. The van der Waals surface area contributed by atoms with Crippen molar-refractivity contribution in [1.82, 2.24) is 9.97 Å². The molecule has 0 saturated carbocycles. The normalized spacial score (nSPS) is 13.6. The van der Waals surface area contributed by atoms with Crippen LogP contribution in [0.3, 0.4) is 0 Å². The molecule has 0 amide bonds. The van der Waals surface area contributed by atoms with Crippen LogP contribution >= 0.6 is 0 Å². The minimum absolute atomic E-state index is 0.105. The first-order chi connectivity index (χ1) is 4.88. The molecular formula is C6H5N3O. The zero-order valence-corrected chi connectivity index (χ0v) is 5.16. The van der Waals surface area contributed by atoms with Gasteiger partial charge in [-0.05, 0) is 6.08 Å². The van der Waals surface area contributed by atoms with Gasteiger partial charge < -0.3 is 4.98 Å². The van der Waals surface area contributed by atoms with Gasteiger partial charge in [0.25, 0.3) is 5.56 Å². The fourth-order valence-electron chi connectivity index (χ4n) is 0.934. The lowest BCUT2D eigenvalue weighted by Crippen LogP contribution is -2.40. The molecule has 1 aliphatic heterocycles. The highest BCUT2D eigenvalue weighted by atomic mass is 16.1. The molecule has 10 heavy (non-hydrogen) atoms. The summed E-state index contributed by atoms with van der Waals surface area (Å²) < 4.78 is 0. The Balaban J connectivity index is 3.12. The van der Waals surface area contributed by atoms with Gasteiger partial charge in [0.1, 0.15) is 0 Å². The average Bonchev–Trinajstić information content (AvgIpc) is 2.36. The summed E-state index contributed by atoms with van der Waals surface area (Å²) in [7, 11) is 0. The summed E-state index contributed by atoms with van der Waals surface area (Å²) in [6, 6.07) is 0. The molecule has 4 nitrogen and oxygen atoms in total. The molecule has 1 aliphatic rings. The van der Waals surface area contributed by atoms with Gasteiger partial charge in [0.05, 0.1) is 18.1 Å². The first kappa shape index (κ1) is 5.34. The van der Waals surface area contributed by atoms with Gasteiger partial charge in [-0.15, -0.1) is 0 Å². The van der Waals surface area contributed by atoms with Crippen molar-refractivity contribution < 1.29 is 0 Å². The molecule has 0 aromatic carbocycles. The zero-order chi connectivity index (χ0) is 6.97. The maximum absolute atomic E-state index is 10.9. The van der Waals surface area contributed by atoms with Crippen molar-refractivity contribution in [1.29, 1.82) is 0 Å². The monoisotopic (exact) mass is 135 g/mol. The van der Waals surface area contributed by atoms with Crippen LogP contribution in [0.1, 0.15) is 0 Å². The van der Waals surface area contributed by atoms with E-state index in [-0.39, 0.29) is 5.56 Å². The van der Waals surface area contributed by atoms with Gasteiger partial charge in [-0.3, -0.25) is 9.79 Å². The fourth-order valence-corrected chi connectivity index (χ4v) is 0.934. The van der Waals surface area contributed by atoms with E-state index in [0.29, 0.717) is 17.3 Å². The second kappa shape index (κ2) is 1.76. The summed E-state index contributed by atoms with van der Waals surface area (Å²) in [5, 5.41) is 0.600. The minimum Gasteiger partial charge on any atom is -0.313 e. The van der Waals surface area contributed by atoms with Gasteiger partial charge in [0.15, 0.2) is 5.49 Å². The van der Waals surface area contributed by atoms with E-state index in [9.17, 15) is 4.79 Å². The molecule has 0 atom stereocenters. The quantitative estimate of drug-likeness (QED) is 0.455. The highest BCUT2D eigenvalue weighted by Gasteiger charge is 1.97. The zero-order valence-electron chi connectivity index (χ0n) is 5.16. The van der Waals surface area contributed by atoms with E-state index in [2.05, 4.69) is 15.0 Å². The molecule has 2 heterocycles. The Kier molecular flexibility index (Phi) is 0.943. The topological polar surface area (TPSA) is 58.1 Å². The van der Waals surface area contributed by atoms with E-state index in [0.717, 1.165) is 0 Å². The summed E-state index contributed by atoms with van der Waals surface area (Å²) in [5.41, 5.74) is 0.454. The van der Waals surface area contributed by atoms with Gasteiger partial charge >= 0.3 is 0 Å². The van der Waals surface area contributed by atoms with Gasteiger partial charge in [-0.2, -0.15) is 0 Å². The molecular weight excluding hydrogens is 130 g/mol. The standard InChI is InChI=1S/C6H5N3O/c10-6-4-1-2-7-5(4)8-3-9-6/h1,3H,2H2,(H,7,8,9,10). The summed E-state index contributed by atoms with van der Waals surface area (Å²) in [4.78, 5) is 21.2. The molecule has 0 radical (unpaired) electrons. The molecule has 50 valence electrons.